The van der Waals surface area contributed by atoms with Crippen molar-refractivity contribution in [1.82, 2.24) is 4.90 Å². The molecule has 0 aromatic rings. The molecule has 1 amide bonds. The standard InChI is InChI=1S/C10H20N2O2S/c1-10(7-14-6-8(10)11)9(13)12(2)4-5-15-3/h8H,4-7,11H2,1-3H3. The Balaban J connectivity index is 2.58. The maximum Gasteiger partial charge on any atom is 0.232 e. The quantitative estimate of drug-likeness (QED) is 0.751. The topological polar surface area (TPSA) is 55.6 Å². The van der Waals surface area contributed by atoms with Gasteiger partial charge in [0, 0.05) is 25.4 Å². The van der Waals surface area contributed by atoms with Crippen molar-refractivity contribution in [3.8, 4) is 0 Å². The van der Waals surface area contributed by atoms with Crippen molar-refractivity contribution in [3.63, 3.8) is 0 Å². The summed E-state index contributed by atoms with van der Waals surface area (Å²) in [6.45, 7) is 3.58. The SMILES string of the molecule is CSCCN(C)C(=O)C1(C)COCC1N. The number of carbonyl (C=O) groups is 1. The summed E-state index contributed by atoms with van der Waals surface area (Å²) in [6, 6.07) is -0.179. The lowest BCUT2D eigenvalue weighted by Gasteiger charge is -2.30. The van der Waals surface area contributed by atoms with Crippen molar-refractivity contribution in [2.75, 3.05) is 38.8 Å². The fourth-order valence-corrected chi connectivity index (χ4v) is 2.13. The second-order valence-electron chi connectivity index (χ2n) is 4.26. The molecule has 1 rings (SSSR count). The Labute approximate surface area is 95.5 Å². The van der Waals surface area contributed by atoms with Crippen molar-refractivity contribution in [2.45, 2.75) is 13.0 Å². The molecule has 0 saturated carbocycles. The van der Waals surface area contributed by atoms with Gasteiger partial charge >= 0.3 is 0 Å². The van der Waals surface area contributed by atoms with Gasteiger partial charge in [-0.3, -0.25) is 4.79 Å². The van der Waals surface area contributed by atoms with Crippen LogP contribution in [0.4, 0.5) is 0 Å². The van der Waals surface area contributed by atoms with Gasteiger partial charge in [0.2, 0.25) is 5.91 Å². The zero-order valence-electron chi connectivity index (χ0n) is 9.66. The van der Waals surface area contributed by atoms with E-state index in [-0.39, 0.29) is 11.9 Å². The Morgan fingerprint density at radius 2 is 2.40 bits per heavy atom. The van der Waals surface area contributed by atoms with Crippen LogP contribution in [0, 0.1) is 5.41 Å². The van der Waals surface area contributed by atoms with Gasteiger partial charge in [0.1, 0.15) is 0 Å². The second-order valence-corrected chi connectivity index (χ2v) is 5.24. The molecule has 88 valence electrons. The Morgan fingerprint density at radius 3 is 2.87 bits per heavy atom. The van der Waals surface area contributed by atoms with Gasteiger partial charge in [-0.15, -0.1) is 0 Å². The number of hydrogen-bond acceptors (Lipinski definition) is 4. The molecule has 1 aliphatic heterocycles. The monoisotopic (exact) mass is 232 g/mol. The van der Waals surface area contributed by atoms with Crippen LogP contribution in [0.25, 0.3) is 0 Å². The Morgan fingerprint density at radius 1 is 1.73 bits per heavy atom. The molecule has 1 aliphatic rings. The van der Waals surface area contributed by atoms with Gasteiger partial charge in [-0.05, 0) is 13.2 Å². The third kappa shape index (κ3) is 2.65. The van der Waals surface area contributed by atoms with Gasteiger partial charge in [0.25, 0.3) is 0 Å². The lowest BCUT2D eigenvalue weighted by atomic mass is 9.84. The average molecular weight is 232 g/mol. The van der Waals surface area contributed by atoms with Gasteiger partial charge in [0.05, 0.1) is 18.6 Å². The number of carbonyl (C=O) groups excluding carboxylic acids is 1. The van der Waals surface area contributed by atoms with E-state index in [4.69, 9.17) is 10.5 Å². The Hall–Kier alpha value is -0.260. The van der Waals surface area contributed by atoms with Crippen LogP contribution in [0.2, 0.25) is 0 Å². The van der Waals surface area contributed by atoms with Crippen LogP contribution in [0.3, 0.4) is 0 Å². The van der Waals surface area contributed by atoms with E-state index in [1.54, 1.807) is 16.7 Å². The van der Waals surface area contributed by atoms with Crippen molar-refractivity contribution in [1.29, 1.82) is 0 Å². The summed E-state index contributed by atoms with van der Waals surface area (Å²) in [5.41, 5.74) is 5.37. The highest BCUT2D eigenvalue weighted by Gasteiger charge is 2.45. The van der Waals surface area contributed by atoms with E-state index in [0.717, 1.165) is 12.3 Å². The second kappa shape index (κ2) is 5.18. The van der Waals surface area contributed by atoms with E-state index in [2.05, 4.69) is 0 Å². The Kier molecular flexibility index (Phi) is 4.43. The van der Waals surface area contributed by atoms with E-state index in [1.807, 2.05) is 20.2 Å². The number of thioether (sulfide) groups is 1. The molecule has 0 spiro atoms. The van der Waals surface area contributed by atoms with E-state index in [1.165, 1.54) is 0 Å². The van der Waals surface area contributed by atoms with E-state index in [0.29, 0.717) is 13.2 Å². The summed E-state index contributed by atoms with van der Waals surface area (Å²) in [4.78, 5) is 13.9. The van der Waals surface area contributed by atoms with Crippen LogP contribution < -0.4 is 5.73 Å². The first-order valence-electron chi connectivity index (χ1n) is 5.10. The Bertz CT molecular complexity index is 237. The van der Waals surface area contributed by atoms with Gasteiger partial charge < -0.3 is 15.4 Å². The fourth-order valence-electron chi connectivity index (χ4n) is 1.67. The summed E-state index contributed by atoms with van der Waals surface area (Å²) in [7, 11) is 1.83. The summed E-state index contributed by atoms with van der Waals surface area (Å²) >= 11 is 1.73. The summed E-state index contributed by atoms with van der Waals surface area (Å²) in [5.74, 6) is 1.05. The number of rotatable bonds is 4. The lowest BCUT2D eigenvalue weighted by molar-refractivity contribution is -0.140. The molecule has 0 aromatic heterocycles. The van der Waals surface area contributed by atoms with Crippen LogP contribution in [-0.2, 0) is 9.53 Å². The zero-order chi connectivity index (χ0) is 11.5. The molecule has 2 atom stereocenters. The van der Waals surface area contributed by atoms with Crippen molar-refractivity contribution >= 4 is 17.7 Å². The fraction of sp³-hybridized carbons (Fsp3) is 0.900. The van der Waals surface area contributed by atoms with Crippen molar-refractivity contribution in [3.05, 3.63) is 0 Å². The maximum atomic E-state index is 12.1. The molecule has 2 unspecified atom stereocenters. The third-order valence-electron chi connectivity index (χ3n) is 2.98. The number of nitrogens with two attached hydrogens (primary N) is 1. The molecule has 1 fully saturated rings. The zero-order valence-corrected chi connectivity index (χ0v) is 10.5. The number of hydrogen-bond donors (Lipinski definition) is 1. The van der Waals surface area contributed by atoms with Crippen molar-refractivity contribution < 1.29 is 9.53 Å². The molecular formula is C10H20N2O2S. The van der Waals surface area contributed by atoms with Gasteiger partial charge in [0.15, 0.2) is 0 Å². The number of ether oxygens (including phenoxy) is 1. The average Bonchev–Trinajstić information content (AvgIpc) is 2.56. The predicted octanol–water partition coefficient (Wildman–Crippen LogP) is 0.172. The molecule has 4 nitrogen and oxygen atoms in total. The van der Waals surface area contributed by atoms with E-state index in [9.17, 15) is 4.79 Å². The molecule has 1 saturated heterocycles. The number of nitrogens with zero attached hydrogens (tertiary/aromatic N) is 1. The van der Waals surface area contributed by atoms with Crippen LogP contribution in [-0.4, -0.2) is 55.7 Å². The number of amides is 1. The van der Waals surface area contributed by atoms with Gasteiger partial charge in [-0.2, -0.15) is 11.8 Å². The highest BCUT2D eigenvalue weighted by atomic mass is 32.2. The largest absolute Gasteiger partial charge is 0.379 e. The van der Waals surface area contributed by atoms with Gasteiger partial charge in [-0.25, -0.2) is 0 Å². The molecule has 0 bridgehead atoms. The summed E-state index contributed by atoms with van der Waals surface area (Å²) < 4.78 is 5.27. The maximum absolute atomic E-state index is 12.1. The summed E-state index contributed by atoms with van der Waals surface area (Å²) in [5, 5.41) is 0. The molecular weight excluding hydrogens is 212 g/mol. The lowest BCUT2D eigenvalue weighted by Crippen LogP contribution is -2.50. The van der Waals surface area contributed by atoms with E-state index < -0.39 is 5.41 Å². The highest BCUT2D eigenvalue weighted by molar-refractivity contribution is 7.98. The normalized spacial score (nSPS) is 30.5. The van der Waals surface area contributed by atoms with Crippen LogP contribution in [0.1, 0.15) is 6.92 Å². The molecule has 5 heteroatoms. The van der Waals surface area contributed by atoms with E-state index >= 15 is 0 Å². The van der Waals surface area contributed by atoms with Crippen molar-refractivity contribution in [2.24, 2.45) is 11.1 Å². The molecule has 2 N–H and O–H groups in total. The first-order chi connectivity index (χ1) is 7.02. The van der Waals surface area contributed by atoms with Crippen LogP contribution >= 0.6 is 11.8 Å². The molecule has 0 aromatic carbocycles. The third-order valence-corrected chi connectivity index (χ3v) is 3.57. The first kappa shape index (κ1) is 12.8. The molecule has 0 aliphatic carbocycles. The minimum absolute atomic E-state index is 0.0987. The van der Waals surface area contributed by atoms with Gasteiger partial charge in [-0.1, -0.05) is 0 Å². The first-order valence-corrected chi connectivity index (χ1v) is 6.49. The predicted molar refractivity (Wildman–Crippen MR) is 62.9 cm³/mol. The smallest absolute Gasteiger partial charge is 0.232 e. The molecule has 1 heterocycles. The molecule has 15 heavy (non-hydrogen) atoms. The van der Waals surface area contributed by atoms with Crippen LogP contribution in [0.5, 0.6) is 0 Å². The highest BCUT2D eigenvalue weighted by Crippen LogP contribution is 2.29. The minimum atomic E-state index is -0.535. The minimum Gasteiger partial charge on any atom is -0.379 e. The summed E-state index contributed by atoms with van der Waals surface area (Å²) in [6.07, 6.45) is 2.03. The molecule has 0 radical (unpaired) electrons. The van der Waals surface area contributed by atoms with Crippen LogP contribution in [0.15, 0.2) is 0 Å².